The Hall–Kier alpha value is -1.92. The molecule has 1 aromatic carbocycles. The van der Waals surface area contributed by atoms with Crippen molar-refractivity contribution >= 4 is 33.0 Å². The molecule has 0 aliphatic heterocycles. The molecule has 0 radical (unpaired) electrons. The maximum atomic E-state index is 12.2. The van der Waals surface area contributed by atoms with Gasteiger partial charge in [0.2, 0.25) is 0 Å². The molecule has 0 saturated heterocycles. The summed E-state index contributed by atoms with van der Waals surface area (Å²) in [4.78, 5) is 16.2. The Bertz CT molecular complexity index is 879. The number of nitrogens with zero attached hydrogens (tertiary/aromatic N) is 1. The SMILES string of the molecule is CS(=O)(=O)CC1CCc2ccc(NC(=O)c3ccc(Cl)cn3)cc21. The van der Waals surface area contributed by atoms with Gasteiger partial charge >= 0.3 is 0 Å². The van der Waals surface area contributed by atoms with Gasteiger partial charge in [-0.25, -0.2) is 13.4 Å². The van der Waals surface area contributed by atoms with E-state index < -0.39 is 9.84 Å². The van der Waals surface area contributed by atoms with Crippen LogP contribution in [0.3, 0.4) is 0 Å². The van der Waals surface area contributed by atoms with E-state index in [0.717, 1.165) is 24.0 Å². The van der Waals surface area contributed by atoms with Crippen LogP contribution in [0.2, 0.25) is 5.02 Å². The van der Waals surface area contributed by atoms with Gasteiger partial charge < -0.3 is 5.32 Å². The zero-order chi connectivity index (χ0) is 17.3. The monoisotopic (exact) mass is 364 g/mol. The Labute approximate surface area is 146 Å². The highest BCUT2D eigenvalue weighted by Gasteiger charge is 2.26. The van der Waals surface area contributed by atoms with Crippen LogP contribution in [0, 0.1) is 0 Å². The van der Waals surface area contributed by atoms with Crippen LogP contribution in [-0.4, -0.2) is 31.3 Å². The second-order valence-electron chi connectivity index (χ2n) is 6.06. The Kier molecular flexibility index (Phi) is 4.60. The molecule has 5 nitrogen and oxygen atoms in total. The van der Waals surface area contributed by atoms with Crippen molar-refractivity contribution in [1.82, 2.24) is 4.98 Å². The first kappa shape index (κ1) is 16.9. The molecule has 1 N–H and O–H groups in total. The summed E-state index contributed by atoms with van der Waals surface area (Å²) in [6.45, 7) is 0. The lowest BCUT2D eigenvalue weighted by Crippen LogP contribution is -2.14. The maximum Gasteiger partial charge on any atom is 0.274 e. The van der Waals surface area contributed by atoms with Gasteiger partial charge in [-0.05, 0) is 54.2 Å². The third-order valence-corrected chi connectivity index (χ3v) is 5.30. The second-order valence-corrected chi connectivity index (χ2v) is 8.68. The van der Waals surface area contributed by atoms with Crippen LogP contribution in [0.15, 0.2) is 36.5 Å². The van der Waals surface area contributed by atoms with Gasteiger partial charge in [0.1, 0.15) is 15.5 Å². The van der Waals surface area contributed by atoms with Gasteiger partial charge in [0.15, 0.2) is 0 Å². The van der Waals surface area contributed by atoms with Crippen LogP contribution >= 0.6 is 11.6 Å². The lowest BCUT2D eigenvalue weighted by molar-refractivity contribution is 0.102. The quantitative estimate of drug-likeness (QED) is 0.904. The van der Waals surface area contributed by atoms with E-state index in [-0.39, 0.29) is 23.3 Å². The molecular formula is C17H17ClN2O3S. The minimum atomic E-state index is -3.04. The summed E-state index contributed by atoms with van der Waals surface area (Å²) in [5, 5.41) is 3.26. The largest absolute Gasteiger partial charge is 0.321 e. The first-order valence-electron chi connectivity index (χ1n) is 7.55. The summed E-state index contributed by atoms with van der Waals surface area (Å²) in [6.07, 6.45) is 4.35. The number of anilines is 1. The summed E-state index contributed by atoms with van der Waals surface area (Å²) in [5.41, 5.74) is 3.05. The fraction of sp³-hybridized carbons (Fsp3) is 0.294. The van der Waals surface area contributed by atoms with Crippen LogP contribution in [0.4, 0.5) is 5.69 Å². The molecule has 1 amide bonds. The highest BCUT2D eigenvalue weighted by atomic mass is 35.5. The zero-order valence-corrected chi connectivity index (χ0v) is 14.7. The summed E-state index contributed by atoms with van der Waals surface area (Å²) < 4.78 is 23.2. The molecule has 7 heteroatoms. The smallest absolute Gasteiger partial charge is 0.274 e. The molecule has 0 bridgehead atoms. The number of nitrogens with one attached hydrogen (secondary N) is 1. The molecule has 1 unspecified atom stereocenters. The van der Waals surface area contributed by atoms with Crippen molar-refractivity contribution < 1.29 is 13.2 Å². The Morgan fingerprint density at radius 3 is 2.79 bits per heavy atom. The molecule has 2 aromatic rings. The molecule has 1 aromatic heterocycles. The van der Waals surface area contributed by atoms with Crippen molar-refractivity contribution in [2.24, 2.45) is 0 Å². The van der Waals surface area contributed by atoms with Crippen LogP contribution in [0.1, 0.15) is 34.0 Å². The molecule has 1 aliphatic rings. The Balaban J connectivity index is 1.80. The average Bonchev–Trinajstić information content (AvgIpc) is 2.88. The molecule has 0 fully saturated rings. The van der Waals surface area contributed by atoms with Gasteiger partial charge in [-0.1, -0.05) is 17.7 Å². The van der Waals surface area contributed by atoms with Crippen molar-refractivity contribution in [3.8, 4) is 0 Å². The highest BCUT2D eigenvalue weighted by Crippen LogP contribution is 2.35. The number of aromatic nitrogens is 1. The highest BCUT2D eigenvalue weighted by molar-refractivity contribution is 7.90. The fourth-order valence-corrected chi connectivity index (χ4v) is 4.20. The zero-order valence-electron chi connectivity index (χ0n) is 13.1. The van der Waals surface area contributed by atoms with Crippen molar-refractivity contribution in [2.45, 2.75) is 18.8 Å². The number of sulfone groups is 1. The van der Waals surface area contributed by atoms with E-state index in [1.807, 2.05) is 18.2 Å². The topological polar surface area (TPSA) is 76.1 Å². The number of aryl methyl sites for hydroxylation is 1. The van der Waals surface area contributed by atoms with Gasteiger partial charge in [0.25, 0.3) is 5.91 Å². The predicted molar refractivity (Wildman–Crippen MR) is 94.4 cm³/mol. The average molecular weight is 365 g/mol. The second kappa shape index (κ2) is 6.53. The number of fused-ring (bicyclic) bond motifs is 1. The minimum Gasteiger partial charge on any atom is -0.321 e. The van der Waals surface area contributed by atoms with Gasteiger partial charge in [-0.3, -0.25) is 4.79 Å². The van der Waals surface area contributed by atoms with E-state index in [1.54, 1.807) is 12.1 Å². The standard InChI is InChI=1S/C17H17ClN2O3S/c1-24(22,23)10-12-3-2-11-4-6-14(8-15(11)12)20-17(21)16-7-5-13(18)9-19-16/h4-9,12H,2-3,10H2,1H3,(H,20,21). The number of hydrogen-bond donors (Lipinski definition) is 1. The number of benzene rings is 1. The Morgan fingerprint density at radius 1 is 1.33 bits per heavy atom. The van der Waals surface area contributed by atoms with Crippen LogP contribution in [0.25, 0.3) is 0 Å². The third kappa shape index (κ3) is 3.94. The summed E-state index contributed by atoms with van der Waals surface area (Å²) in [6, 6.07) is 8.80. The lowest BCUT2D eigenvalue weighted by Gasteiger charge is -2.12. The molecule has 1 aliphatic carbocycles. The predicted octanol–water partition coefficient (Wildman–Crippen LogP) is 3.06. The van der Waals surface area contributed by atoms with E-state index in [9.17, 15) is 13.2 Å². The number of pyridine rings is 1. The van der Waals surface area contributed by atoms with Gasteiger partial charge in [-0.15, -0.1) is 0 Å². The number of rotatable bonds is 4. The molecule has 0 spiro atoms. The molecule has 3 rings (SSSR count). The van der Waals surface area contributed by atoms with Crippen molar-refractivity contribution in [3.05, 3.63) is 58.4 Å². The van der Waals surface area contributed by atoms with E-state index in [1.165, 1.54) is 12.5 Å². The van der Waals surface area contributed by atoms with E-state index in [2.05, 4.69) is 10.3 Å². The molecular weight excluding hydrogens is 348 g/mol. The number of carbonyl (C=O) groups is 1. The Morgan fingerprint density at radius 2 is 2.12 bits per heavy atom. The van der Waals surface area contributed by atoms with Gasteiger partial charge in [0.05, 0.1) is 10.8 Å². The van der Waals surface area contributed by atoms with Gasteiger partial charge in [0, 0.05) is 18.1 Å². The van der Waals surface area contributed by atoms with Crippen molar-refractivity contribution in [3.63, 3.8) is 0 Å². The van der Waals surface area contributed by atoms with E-state index in [4.69, 9.17) is 11.6 Å². The molecule has 126 valence electrons. The first-order valence-corrected chi connectivity index (χ1v) is 9.99. The van der Waals surface area contributed by atoms with Crippen molar-refractivity contribution in [1.29, 1.82) is 0 Å². The summed E-state index contributed by atoms with van der Waals surface area (Å²) in [7, 11) is -3.04. The van der Waals surface area contributed by atoms with E-state index in [0.29, 0.717) is 10.7 Å². The number of carbonyl (C=O) groups excluding carboxylic acids is 1. The molecule has 1 heterocycles. The first-order chi connectivity index (χ1) is 11.3. The molecule has 1 atom stereocenters. The van der Waals surface area contributed by atoms with Crippen molar-refractivity contribution in [2.75, 3.05) is 17.3 Å². The molecule has 24 heavy (non-hydrogen) atoms. The number of hydrogen-bond acceptors (Lipinski definition) is 4. The van der Waals surface area contributed by atoms with E-state index >= 15 is 0 Å². The van der Waals surface area contributed by atoms with Gasteiger partial charge in [-0.2, -0.15) is 0 Å². The van der Waals surface area contributed by atoms with Crippen LogP contribution in [-0.2, 0) is 16.3 Å². The minimum absolute atomic E-state index is 0.0134. The number of halogens is 1. The normalized spacial score (nSPS) is 16.7. The molecule has 0 saturated carbocycles. The summed E-state index contributed by atoms with van der Waals surface area (Å²) in [5.74, 6) is -0.208. The van der Waals surface area contributed by atoms with Crippen LogP contribution < -0.4 is 5.32 Å². The maximum absolute atomic E-state index is 12.2. The fourth-order valence-electron chi connectivity index (χ4n) is 3.01. The lowest BCUT2D eigenvalue weighted by atomic mass is 10.0. The summed E-state index contributed by atoms with van der Waals surface area (Å²) >= 11 is 5.77. The number of amides is 1. The van der Waals surface area contributed by atoms with Crippen LogP contribution in [0.5, 0.6) is 0 Å². The third-order valence-electron chi connectivity index (χ3n) is 4.07.